The topological polar surface area (TPSA) is 42.1 Å². The van der Waals surface area contributed by atoms with Gasteiger partial charge in [0, 0.05) is 24.2 Å². The fourth-order valence-electron chi connectivity index (χ4n) is 2.08. The molecule has 18 heavy (non-hydrogen) atoms. The van der Waals surface area contributed by atoms with E-state index in [0.29, 0.717) is 24.6 Å². The van der Waals surface area contributed by atoms with Gasteiger partial charge in [0.25, 0.3) is 0 Å². The molecule has 0 aromatic carbocycles. The van der Waals surface area contributed by atoms with E-state index >= 15 is 0 Å². The van der Waals surface area contributed by atoms with Crippen LogP contribution < -0.4 is 5.73 Å². The summed E-state index contributed by atoms with van der Waals surface area (Å²) in [6.07, 6.45) is -1.61. The van der Waals surface area contributed by atoms with Crippen LogP contribution in [0.4, 0.5) is 18.3 Å². The second-order valence-corrected chi connectivity index (χ2v) is 5.43. The largest absolute Gasteiger partial charge is 0.393 e. The van der Waals surface area contributed by atoms with Crippen LogP contribution in [0.3, 0.4) is 0 Å². The van der Waals surface area contributed by atoms with Crippen molar-refractivity contribution in [2.24, 2.45) is 5.92 Å². The van der Waals surface area contributed by atoms with E-state index < -0.39 is 12.1 Å². The molecule has 0 bridgehead atoms. The zero-order chi connectivity index (χ0) is 12.5. The molecule has 0 saturated carbocycles. The number of nitrogen functional groups attached to an aromatic ring is 1. The molecule has 1 saturated heterocycles. The van der Waals surface area contributed by atoms with Gasteiger partial charge in [0.15, 0.2) is 5.13 Å². The second-order valence-electron chi connectivity index (χ2n) is 4.28. The zero-order valence-electron chi connectivity index (χ0n) is 9.61. The minimum atomic E-state index is -4.08. The normalized spacial score (nSPS) is 21.6. The Labute approximate surface area is 114 Å². The molecule has 0 radical (unpaired) electrons. The van der Waals surface area contributed by atoms with Gasteiger partial charge in [0.1, 0.15) is 0 Å². The van der Waals surface area contributed by atoms with Crippen molar-refractivity contribution >= 4 is 28.9 Å². The van der Waals surface area contributed by atoms with Crippen LogP contribution in [0.25, 0.3) is 0 Å². The fourth-order valence-corrected chi connectivity index (χ4v) is 2.81. The molecule has 104 valence electrons. The molecule has 2 N–H and O–H groups in total. The quantitative estimate of drug-likeness (QED) is 0.913. The Morgan fingerprint density at radius 3 is 2.78 bits per heavy atom. The molecule has 3 nitrogen and oxygen atoms in total. The average molecular weight is 302 g/mol. The van der Waals surface area contributed by atoms with E-state index in [1.807, 2.05) is 4.90 Å². The third-order valence-corrected chi connectivity index (χ3v) is 3.73. The van der Waals surface area contributed by atoms with E-state index in [4.69, 9.17) is 5.73 Å². The first-order valence-electron chi connectivity index (χ1n) is 5.44. The number of piperidine rings is 1. The first-order chi connectivity index (χ1) is 7.95. The lowest BCUT2D eigenvalue weighted by molar-refractivity contribution is -0.187. The number of likely N-dealkylation sites (tertiary alicyclic amines) is 1. The van der Waals surface area contributed by atoms with Gasteiger partial charge in [-0.15, -0.1) is 23.7 Å². The molecule has 1 aliphatic rings. The molecular formula is C10H15ClF3N3S. The fraction of sp³-hybridized carbons (Fsp3) is 0.700. The smallest absolute Gasteiger partial charge is 0.375 e. The highest BCUT2D eigenvalue weighted by atomic mass is 35.5. The number of halogens is 4. The summed E-state index contributed by atoms with van der Waals surface area (Å²) < 4.78 is 37.8. The molecule has 1 aliphatic heterocycles. The van der Waals surface area contributed by atoms with Crippen LogP contribution in [-0.2, 0) is 6.54 Å². The third-order valence-electron chi connectivity index (χ3n) is 2.92. The van der Waals surface area contributed by atoms with Gasteiger partial charge in [-0.1, -0.05) is 0 Å². The maximum Gasteiger partial charge on any atom is 0.393 e. The summed E-state index contributed by atoms with van der Waals surface area (Å²) in [5.41, 5.74) is 5.49. The van der Waals surface area contributed by atoms with Crippen LogP contribution in [0.2, 0.25) is 0 Å². The van der Waals surface area contributed by atoms with Gasteiger partial charge in [-0.25, -0.2) is 4.98 Å². The molecule has 8 heteroatoms. The summed E-state index contributed by atoms with van der Waals surface area (Å²) in [5, 5.41) is 0.462. The molecule has 1 unspecified atom stereocenters. The van der Waals surface area contributed by atoms with Crippen molar-refractivity contribution in [1.82, 2.24) is 9.88 Å². The van der Waals surface area contributed by atoms with Crippen molar-refractivity contribution in [1.29, 1.82) is 0 Å². The maximum absolute atomic E-state index is 12.6. The average Bonchev–Trinajstić information content (AvgIpc) is 2.63. The van der Waals surface area contributed by atoms with Gasteiger partial charge >= 0.3 is 6.18 Å². The van der Waals surface area contributed by atoms with Crippen molar-refractivity contribution in [3.8, 4) is 0 Å². The summed E-state index contributed by atoms with van der Waals surface area (Å²) in [6.45, 7) is 1.31. The monoisotopic (exact) mass is 301 g/mol. The first kappa shape index (κ1) is 15.5. The number of anilines is 1. The summed E-state index contributed by atoms with van der Waals surface area (Å²) >= 11 is 1.33. The van der Waals surface area contributed by atoms with Gasteiger partial charge in [-0.05, 0) is 19.4 Å². The van der Waals surface area contributed by atoms with Gasteiger partial charge in [0.05, 0.1) is 5.92 Å². The summed E-state index contributed by atoms with van der Waals surface area (Å²) in [4.78, 5) is 6.65. The Kier molecular flexibility index (Phi) is 5.24. The van der Waals surface area contributed by atoms with Crippen molar-refractivity contribution in [2.75, 3.05) is 18.8 Å². The van der Waals surface area contributed by atoms with E-state index in [1.54, 1.807) is 6.20 Å². The van der Waals surface area contributed by atoms with Crippen LogP contribution in [0, 0.1) is 5.92 Å². The van der Waals surface area contributed by atoms with Crippen molar-refractivity contribution in [3.05, 3.63) is 11.1 Å². The number of rotatable bonds is 2. The van der Waals surface area contributed by atoms with Gasteiger partial charge in [-0.2, -0.15) is 13.2 Å². The standard InChI is InChI=1S/C10H14F3N3S.ClH/c11-10(12,13)7-2-1-3-16(5-7)6-8-4-15-9(14)17-8;/h4,7H,1-3,5-6H2,(H2,14,15);1H. The van der Waals surface area contributed by atoms with Crippen molar-refractivity contribution < 1.29 is 13.2 Å². The Bertz CT molecular complexity index is 383. The van der Waals surface area contributed by atoms with Crippen molar-refractivity contribution in [2.45, 2.75) is 25.6 Å². The number of hydrogen-bond donors (Lipinski definition) is 1. The lowest BCUT2D eigenvalue weighted by Gasteiger charge is -2.33. The predicted octanol–water partition coefficient (Wildman–Crippen LogP) is 2.92. The zero-order valence-corrected chi connectivity index (χ0v) is 11.2. The number of aromatic nitrogens is 1. The molecule has 1 fully saturated rings. The van der Waals surface area contributed by atoms with E-state index in [2.05, 4.69) is 4.98 Å². The first-order valence-corrected chi connectivity index (χ1v) is 6.26. The molecule has 2 heterocycles. The maximum atomic E-state index is 12.6. The Hall–Kier alpha value is -0.530. The van der Waals surface area contributed by atoms with Crippen LogP contribution >= 0.6 is 23.7 Å². The van der Waals surface area contributed by atoms with E-state index in [1.165, 1.54) is 11.3 Å². The van der Waals surface area contributed by atoms with Crippen molar-refractivity contribution in [3.63, 3.8) is 0 Å². The molecular weight excluding hydrogens is 287 g/mol. The van der Waals surface area contributed by atoms with Crippen LogP contribution in [0.5, 0.6) is 0 Å². The Morgan fingerprint density at radius 1 is 1.50 bits per heavy atom. The predicted molar refractivity (Wildman–Crippen MR) is 67.8 cm³/mol. The Morgan fingerprint density at radius 2 is 2.22 bits per heavy atom. The highest BCUT2D eigenvalue weighted by Gasteiger charge is 2.41. The van der Waals surface area contributed by atoms with E-state index in [9.17, 15) is 13.2 Å². The van der Waals surface area contributed by atoms with Crippen LogP contribution in [0.15, 0.2) is 6.20 Å². The number of hydrogen-bond acceptors (Lipinski definition) is 4. The molecule has 0 amide bonds. The summed E-state index contributed by atoms with van der Waals surface area (Å²) in [6, 6.07) is 0. The highest BCUT2D eigenvalue weighted by Crippen LogP contribution is 2.33. The minimum Gasteiger partial charge on any atom is -0.375 e. The van der Waals surface area contributed by atoms with Gasteiger partial charge in [-0.3, -0.25) is 4.90 Å². The molecule has 0 aliphatic carbocycles. The van der Waals surface area contributed by atoms with Crippen LogP contribution in [-0.4, -0.2) is 29.1 Å². The van der Waals surface area contributed by atoms with Crippen LogP contribution in [0.1, 0.15) is 17.7 Å². The number of nitrogens with two attached hydrogens (primary N) is 1. The Balaban J connectivity index is 0.00000162. The molecule has 1 aromatic heterocycles. The number of alkyl halides is 3. The molecule has 1 aromatic rings. The minimum absolute atomic E-state index is 0. The highest BCUT2D eigenvalue weighted by molar-refractivity contribution is 7.15. The van der Waals surface area contributed by atoms with Gasteiger partial charge < -0.3 is 5.73 Å². The second kappa shape index (κ2) is 6.08. The summed E-state index contributed by atoms with van der Waals surface area (Å²) in [5.74, 6) is -1.19. The van der Waals surface area contributed by atoms with E-state index in [0.717, 1.165) is 4.88 Å². The number of nitrogens with zero attached hydrogens (tertiary/aromatic N) is 2. The van der Waals surface area contributed by atoms with Gasteiger partial charge in [0.2, 0.25) is 0 Å². The number of thiazole rings is 1. The molecule has 1 atom stereocenters. The van der Waals surface area contributed by atoms with E-state index in [-0.39, 0.29) is 25.4 Å². The molecule has 2 rings (SSSR count). The third kappa shape index (κ3) is 4.00. The lowest BCUT2D eigenvalue weighted by atomic mass is 9.97. The molecule has 0 spiro atoms. The summed E-state index contributed by atoms with van der Waals surface area (Å²) in [7, 11) is 0. The lowest BCUT2D eigenvalue weighted by Crippen LogP contribution is -2.41. The SMILES string of the molecule is Cl.Nc1ncc(CN2CCCC(C(F)(F)F)C2)s1.